The molecule has 1 atom stereocenters. The Kier molecular flexibility index (Phi) is 6.12. The summed E-state index contributed by atoms with van der Waals surface area (Å²) in [6.07, 6.45) is 6.12. The summed E-state index contributed by atoms with van der Waals surface area (Å²) in [5.74, 6) is -1.51. The van der Waals surface area contributed by atoms with E-state index in [9.17, 15) is 14.7 Å². The molecule has 17 heavy (non-hydrogen) atoms. The Balaban J connectivity index is 0.00000144. The van der Waals surface area contributed by atoms with Gasteiger partial charge in [-0.3, -0.25) is 4.79 Å². The second kappa shape index (κ2) is 6.66. The van der Waals surface area contributed by atoms with Crippen molar-refractivity contribution in [1.82, 2.24) is 5.32 Å². The Labute approximate surface area is 144 Å². The van der Waals surface area contributed by atoms with Gasteiger partial charge in [-0.25, -0.2) is 0 Å². The number of rotatable bonds is 2. The summed E-state index contributed by atoms with van der Waals surface area (Å²) in [7, 11) is 0. The number of carboxylic acid groups (broad SMARTS) is 1. The van der Waals surface area contributed by atoms with Gasteiger partial charge < -0.3 is 15.2 Å². The maximum absolute atomic E-state index is 11.9. The summed E-state index contributed by atoms with van der Waals surface area (Å²) in [5.41, 5.74) is -1.24. The molecule has 1 N–H and O–H groups in total. The summed E-state index contributed by atoms with van der Waals surface area (Å²) in [6.45, 7) is 0.598. The quantitative estimate of drug-likeness (QED) is 0.433. The van der Waals surface area contributed by atoms with E-state index >= 15 is 0 Å². The van der Waals surface area contributed by atoms with Crippen molar-refractivity contribution in [2.45, 2.75) is 44.9 Å². The topological polar surface area (TPSA) is 69.2 Å². The number of piperidine rings is 1. The molecule has 1 aliphatic heterocycles. The molecule has 1 saturated carbocycles. The third-order valence-corrected chi connectivity index (χ3v) is 4.10. The summed E-state index contributed by atoms with van der Waals surface area (Å²) in [6, 6.07) is 0. The van der Waals surface area contributed by atoms with Crippen LogP contribution in [0.5, 0.6) is 0 Å². The first-order chi connectivity index (χ1) is 7.68. The molecule has 1 heterocycles. The number of hydrogen-bond acceptors (Lipinski definition) is 3. The second-order valence-electron chi connectivity index (χ2n) is 4.95. The Morgan fingerprint density at radius 3 is 2.41 bits per heavy atom. The SMILES string of the molecule is O=C([O-])C1(C2CCCCC2)CCCNC1=O.[K+]. The van der Waals surface area contributed by atoms with E-state index in [1.807, 2.05) is 0 Å². The van der Waals surface area contributed by atoms with Gasteiger partial charge in [0.05, 0.1) is 11.4 Å². The predicted octanol–water partition coefficient (Wildman–Crippen LogP) is -2.78. The molecule has 1 amide bonds. The van der Waals surface area contributed by atoms with E-state index in [0.717, 1.165) is 38.5 Å². The number of amides is 1. The molecule has 0 bridgehead atoms. The van der Waals surface area contributed by atoms with Crippen molar-refractivity contribution in [1.29, 1.82) is 0 Å². The molecule has 2 fully saturated rings. The van der Waals surface area contributed by atoms with Gasteiger partial charge in [0.2, 0.25) is 5.91 Å². The van der Waals surface area contributed by atoms with Crippen LogP contribution in [-0.2, 0) is 9.59 Å². The van der Waals surface area contributed by atoms with Crippen LogP contribution in [0.2, 0.25) is 0 Å². The third-order valence-electron chi connectivity index (χ3n) is 4.10. The molecule has 0 spiro atoms. The van der Waals surface area contributed by atoms with E-state index in [-0.39, 0.29) is 63.2 Å². The first-order valence-corrected chi connectivity index (χ1v) is 6.17. The van der Waals surface area contributed by atoms with Crippen LogP contribution in [-0.4, -0.2) is 18.4 Å². The fourth-order valence-corrected chi connectivity index (χ4v) is 3.19. The Morgan fingerprint density at radius 1 is 1.24 bits per heavy atom. The summed E-state index contributed by atoms with van der Waals surface area (Å²) in [5, 5.41) is 14.1. The molecular formula is C12H18KNO3. The second-order valence-corrected chi connectivity index (χ2v) is 4.95. The largest absolute Gasteiger partial charge is 1.00 e. The zero-order valence-corrected chi connectivity index (χ0v) is 13.6. The summed E-state index contributed by atoms with van der Waals surface area (Å²) >= 11 is 0. The van der Waals surface area contributed by atoms with Gasteiger partial charge in [0.15, 0.2) is 0 Å². The summed E-state index contributed by atoms with van der Waals surface area (Å²) < 4.78 is 0. The van der Waals surface area contributed by atoms with Crippen molar-refractivity contribution in [2.24, 2.45) is 11.3 Å². The van der Waals surface area contributed by atoms with Crippen molar-refractivity contribution in [3.8, 4) is 0 Å². The van der Waals surface area contributed by atoms with E-state index in [1.165, 1.54) is 0 Å². The number of carbonyl (C=O) groups excluding carboxylic acids is 2. The molecule has 1 unspecified atom stereocenters. The van der Waals surface area contributed by atoms with Crippen molar-refractivity contribution in [3.63, 3.8) is 0 Å². The average Bonchev–Trinajstić information content (AvgIpc) is 2.30. The van der Waals surface area contributed by atoms with Gasteiger partial charge in [-0.05, 0) is 31.6 Å². The number of carboxylic acids is 1. The van der Waals surface area contributed by atoms with Gasteiger partial charge in [-0.15, -0.1) is 0 Å². The maximum Gasteiger partial charge on any atom is 1.00 e. The van der Waals surface area contributed by atoms with Crippen molar-refractivity contribution >= 4 is 11.9 Å². The predicted molar refractivity (Wildman–Crippen MR) is 56.3 cm³/mol. The molecule has 0 aromatic carbocycles. The van der Waals surface area contributed by atoms with Crippen LogP contribution >= 0.6 is 0 Å². The fourth-order valence-electron chi connectivity index (χ4n) is 3.19. The van der Waals surface area contributed by atoms with Crippen molar-refractivity contribution in [3.05, 3.63) is 0 Å². The standard InChI is InChI=1S/C12H19NO3.K/c14-10-12(11(15)16,7-4-8-13-10)9-5-2-1-3-6-9;/h9H,1-8H2,(H,13,14)(H,15,16);/q;+1/p-1. The maximum atomic E-state index is 11.9. The van der Waals surface area contributed by atoms with Crippen LogP contribution < -0.4 is 61.8 Å². The van der Waals surface area contributed by atoms with E-state index in [1.54, 1.807) is 0 Å². The molecule has 5 heteroatoms. The Morgan fingerprint density at radius 2 is 1.88 bits per heavy atom. The minimum absolute atomic E-state index is 0. The van der Waals surface area contributed by atoms with Crippen molar-refractivity contribution < 1.29 is 66.1 Å². The number of carbonyl (C=O) groups is 2. The minimum Gasteiger partial charge on any atom is -0.549 e. The van der Waals surface area contributed by atoms with Crippen LogP contribution in [0.3, 0.4) is 0 Å². The molecule has 0 aromatic rings. The van der Waals surface area contributed by atoms with Crippen LogP contribution in [0.25, 0.3) is 0 Å². The number of hydrogen-bond donors (Lipinski definition) is 1. The molecule has 1 saturated heterocycles. The monoisotopic (exact) mass is 263 g/mol. The molecule has 0 aromatic heterocycles. The van der Waals surface area contributed by atoms with Gasteiger partial charge in [0.1, 0.15) is 0 Å². The first-order valence-electron chi connectivity index (χ1n) is 6.17. The van der Waals surface area contributed by atoms with Crippen molar-refractivity contribution in [2.75, 3.05) is 6.54 Å². The van der Waals surface area contributed by atoms with Crippen LogP contribution in [0.1, 0.15) is 44.9 Å². The van der Waals surface area contributed by atoms with Gasteiger partial charge in [-0.2, -0.15) is 0 Å². The number of nitrogens with one attached hydrogen (secondary N) is 1. The molecule has 1 aliphatic carbocycles. The molecule has 90 valence electrons. The van der Waals surface area contributed by atoms with Crippen LogP contribution in [0, 0.1) is 11.3 Å². The molecule has 0 radical (unpaired) electrons. The molecular weight excluding hydrogens is 245 g/mol. The Hall–Kier alpha value is 0.576. The van der Waals surface area contributed by atoms with E-state index in [0.29, 0.717) is 13.0 Å². The smallest absolute Gasteiger partial charge is 0.549 e. The van der Waals surface area contributed by atoms with Crippen LogP contribution in [0.15, 0.2) is 0 Å². The Bertz CT molecular complexity index is 302. The first kappa shape index (κ1) is 15.6. The van der Waals surface area contributed by atoms with E-state index in [2.05, 4.69) is 5.32 Å². The molecule has 4 nitrogen and oxygen atoms in total. The molecule has 2 rings (SSSR count). The van der Waals surface area contributed by atoms with Gasteiger partial charge in [0, 0.05) is 6.54 Å². The molecule has 2 aliphatic rings. The van der Waals surface area contributed by atoms with Gasteiger partial charge in [-0.1, -0.05) is 19.3 Å². The van der Waals surface area contributed by atoms with E-state index < -0.39 is 11.4 Å². The summed E-state index contributed by atoms with van der Waals surface area (Å²) in [4.78, 5) is 23.3. The fraction of sp³-hybridized carbons (Fsp3) is 0.833. The van der Waals surface area contributed by atoms with Gasteiger partial charge >= 0.3 is 51.4 Å². The zero-order chi connectivity index (χ0) is 11.6. The van der Waals surface area contributed by atoms with Crippen LogP contribution in [0.4, 0.5) is 0 Å². The number of aliphatic carboxylic acids is 1. The normalized spacial score (nSPS) is 30.2. The van der Waals surface area contributed by atoms with Gasteiger partial charge in [0.25, 0.3) is 0 Å². The average molecular weight is 263 g/mol. The zero-order valence-electron chi connectivity index (χ0n) is 10.5. The van der Waals surface area contributed by atoms with E-state index in [4.69, 9.17) is 0 Å². The minimum atomic E-state index is -1.24. The third kappa shape index (κ3) is 2.95.